The summed E-state index contributed by atoms with van der Waals surface area (Å²) < 4.78 is 43.6. The lowest BCUT2D eigenvalue weighted by Gasteiger charge is -2.33. The molecule has 4 heterocycles. The molecule has 0 spiro atoms. The van der Waals surface area contributed by atoms with Gasteiger partial charge in [-0.3, -0.25) is 14.6 Å². The number of allylic oxidation sites excluding steroid dienone is 1. The first-order valence-electron chi connectivity index (χ1n) is 20.3. The second-order valence-corrected chi connectivity index (χ2v) is 15.5. The number of aromatic nitrogens is 7. The van der Waals surface area contributed by atoms with Crippen LogP contribution in [0.15, 0.2) is 114 Å². The second kappa shape index (κ2) is 17.6. The zero-order chi connectivity index (χ0) is 42.7. The molecule has 0 unspecified atom stereocenters. The number of hydrogen-bond acceptors (Lipinski definition) is 9. The first-order chi connectivity index (χ1) is 30.2. The van der Waals surface area contributed by atoms with Gasteiger partial charge in [0.1, 0.15) is 29.5 Å². The Morgan fingerprint density at radius 1 is 0.919 bits per heavy atom. The molecule has 12 nitrogen and oxygen atoms in total. The van der Waals surface area contributed by atoms with Gasteiger partial charge in [-0.1, -0.05) is 54.9 Å². The zero-order valence-electron chi connectivity index (χ0n) is 33.9. The number of aromatic amines is 2. The largest absolute Gasteiger partial charge is 0.494 e. The third-order valence-corrected chi connectivity index (χ3v) is 11.4. The van der Waals surface area contributed by atoms with E-state index in [4.69, 9.17) is 21.1 Å². The molecule has 5 aromatic carbocycles. The molecule has 0 aliphatic carbocycles. The van der Waals surface area contributed by atoms with Crippen LogP contribution in [0.4, 0.5) is 20.2 Å². The van der Waals surface area contributed by atoms with Gasteiger partial charge in [0.2, 0.25) is 0 Å². The van der Waals surface area contributed by atoms with Gasteiger partial charge < -0.3 is 20.1 Å². The number of aryl methyl sites for hydroxylation is 1. The molecular weight excluding hydrogens is 812 g/mol. The summed E-state index contributed by atoms with van der Waals surface area (Å²) >= 11 is 6.11. The summed E-state index contributed by atoms with van der Waals surface area (Å²) in [6.07, 6.45) is 4.56. The molecule has 0 fully saturated rings. The summed E-state index contributed by atoms with van der Waals surface area (Å²) in [6.45, 7) is 4.13. The first-order valence-corrected chi connectivity index (χ1v) is 20.7. The van der Waals surface area contributed by atoms with Gasteiger partial charge in [0.25, 0.3) is 5.56 Å². The van der Waals surface area contributed by atoms with E-state index in [1.54, 1.807) is 30.1 Å². The number of hydrogen-bond donors (Lipinski definition) is 4. The highest BCUT2D eigenvalue weighted by molar-refractivity contribution is 6.30. The normalized spacial score (nSPS) is 15.1. The Balaban J connectivity index is 0.789. The molecule has 0 bridgehead atoms. The van der Waals surface area contributed by atoms with Gasteiger partial charge in [-0.05, 0) is 94.9 Å². The highest BCUT2D eigenvalue weighted by atomic mass is 35.5. The number of H-pyrrole nitrogens is 2. The number of nitrogens with zero attached hydrogens (tertiary/aromatic N) is 5. The summed E-state index contributed by atoms with van der Waals surface area (Å²) in [4.78, 5) is 17.1. The fourth-order valence-electron chi connectivity index (χ4n) is 8.27. The standard InChI is InChI=1S/C47H42ClF2N9O3/c1-3-35(36-15-10-31(48)22-38(36)50)41(29-9-16-39-30(21-29)25-53-56-39)27-7-13-34(14-8-27)62-19-4-18-61-20-17-51-33-11-5-28(6-12-33)44-43(46-52-26-54-59(46)2)45-42-37(47(60)58-57-45)23-32(49)24-40(42)55-44/h5-16,21-26,43-44,51,55H,3-4,17-20H2,1-2H3,(H,53,56)(H,58,60)/b41-35+/t43-,44-/m1/s1. The minimum absolute atomic E-state index is 0.225. The molecule has 4 N–H and O–H groups in total. The molecule has 3 aromatic heterocycles. The quantitative estimate of drug-likeness (QED) is 0.0585. The minimum Gasteiger partial charge on any atom is -0.494 e. The van der Waals surface area contributed by atoms with Crippen LogP contribution >= 0.6 is 11.6 Å². The van der Waals surface area contributed by atoms with Crippen LogP contribution in [0.1, 0.15) is 65.5 Å². The Bertz CT molecular complexity index is 2980. The predicted octanol–water partition coefficient (Wildman–Crippen LogP) is 9.42. The first kappa shape index (κ1) is 40.5. The van der Waals surface area contributed by atoms with Crippen molar-refractivity contribution in [1.82, 2.24) is 35.2 Å². The number of rotatable bonds is 15. The molecule has 0 saturated heterocycles. The lowest BCUT2D eigenvalue weighted by molar-refractivity contribution is 0.128. The molecular formula is C47H42ClF2N9O3. The van der Waals surface area contributed by atoms with Crippen LogP contribution in [-0.2, 0) is 11.8 Å². The van der Waals surface area contributed by atoms with E-state index in [2.05, 4.69) is 47.2 Å². The molecule has 62 heavy (non-hydrogen) atoms. The van der Waals surface area contributed by atoms with E-state index >= 15 is 4.39 Å². The maximum absolute atomic E-state index is 15.3. The van der Waals surface area contributed by atoms with Crippen molar-refractivity contribution in [3.8, 4) is 5.75 Å². The number of halogens is 3. The van der Waals surface area contributed by atoms with E-state index in [0.717, 1.165) is 50.2 Å². The summed E-state index contributed by atoms with van der Waals surface area (Å²) in [5.74, 6) is 0.0825. The topological polar surface area (TPSA) is 148 Å². The molecule has 1 aliphatic rings. The van der Waals surface area contributed by atoms with Crippen LogP contribution in [0, 0.1) is 11.6 Å². The van der Waals surface area contributed by atoms with Crippen LogP contribution < -0.4 is 20.9 Å². The Kier molecular flexibility index (Phi) is 11.5. The molecule has 8 aromatic rings. The summed E-state index contributed by atoms with van der Waals surface area (Å²) in [5.41, 5.74) is 7.58. The maximum Gasteiger partial charge on any atom is 0.272 e. The van der Waals surface area contributed by atoms with Crippen molar-refractivity contribution in [1.29, 1.82) is 0 Å². The highest BCUT2D eigenvalue weighted by Gasteiger charge is 2.38. The smallest absolute Gasteiger partial charge is 0.272 e. The average molecular weight is 854 g/mol. The monoisotopic (exact) mass is 853 g/mol. The van der Waals surface area contributed by atoms with Crippen molar-refractivity contribution in [2.24, 2.45) is 7.05 Å². The Labute approximate surface area is 360 Å². The van der Waals surface area contributed by atoms with E-state index in [1.807, 2.05) is 67.6 Å². The van der Waals surface area contributed by atoms with E-state index in [0.29, 0.717) is 72.4 Å². The molecule has 1 aliphatic heterocycles. The number of ether oxygens (including phenoxy) is 2. The molecule has 314 valence electrons. The Morgan fingerprint density at radius 3 is 2.52 bits per heavy atom. The molecule has 0 radical (unpaired) electrons. The SMILES string of the molecule is CC/C(=C(/c1ccc(OCCCOCCNc2ccc([C@H]3Nc4cc(F)cc5c(=O)[nH]nc(c45)[C@@H]3c3ncnn3C)cc2)cc1)c1ccc2[nH]ncc2c1)c1ccc(Cl)cc1F. The zero-order valence-corrected chi connectivity index (χ0v) is 34.6. The van der Waals surface area contributed by atoms with Crippen LogP contribution in [0.3, 0.4) is 0 Å². The van der Waals surface area contributed by atoms with E-state index in [9.17, 15) is 9.18 Å². The van der Waals surface area contributed by atoms with Crippen molar-refractivity contribution in [3.05, 3.63) is 170 Å². The third kappa shape index (κ3) is 8.14. The second-order valence-electron chi connectivity index (χ2n) is 15.0. The third-order valence-electron chi connectivity index (χ3n) is 11.2. The Morgan fingerprint density at radius 2 is 1.74 bits per heavy atom. The summed E-state index contributed by atoms with van der Waals surface area (Å²) in [6, 6.07) is 29.0. The van der Waals surface area contributed by atoms with Gasteiger partial charge in [0, 0.05) is 59.4 Å². The van der Waals surface area contributed by atoms with Gasteiger partial charge >= 0.3 is 0 Å². The maximum atomic E-state index is 15.3. The number of benzene rings is 5. The van der Waals surface area contributed by atoms with Gasteiger partial charge in [0.15, 0.2) is 0 Å². The van der Waals surface area contributed by atoms with Gasteiger partial charge in [-0.25, -0.2) is 18.9 Å². The van der Waals surface area contributed by atoms with Gasteiger partial charge in [-0.15, -0.1) is 0 Å². The number of nitrogens with one attached hydrogen (secondary N) is 4. The fourth-order valence-corrected chi connectivity index (χ4v) is 8.43. The average Bonchev–Trinajstić information content (AvgIpc) is 3.93. The van der Waals surface area contributed by atoms with Gasteiger partial charge in [-0.2, -0.15) is 15.3 Å². The lowest BCUT2D eigenvalue weighted by atomic mass is 9.83. The van der Waals surface area contributed by atoms with Crippen molar-refractivity contribution < 1.29 is 18.3 Å². The van der Waals surface area contributed by atoms with E-state index < -0.39 is 17.3 Å². The molecule has 2 atom stereocenters. The van der Waals surface area contributed by atoms with Crippen LogP contribution in [0.2, 0.25) is 5.02 Å². The van der Waals surface area contributed by atoms with Crippen molar-refractivity contribution >= 4 is 55.8 Å². The number of anilines is 2. The van der Waals surface area contributed by atoms with Gasteiger partial charge in [0.05, 0.1) is 48.0 Å². The highest BCUT2D eigenvalue weighted by Crippen LogP contribution is 2.46. The minimum atomic E-state index is -0.515. The number of fused-ring (bicyclic) bond motifs is 1. The molecule has 15 heteroatoms. The van der Waals surface area contributed by atoms with E-state index in [1.165, 1.54) is 24.5 Å². The predicted molar refractivity (Wildman–Crippen MR) is 238 cm³/mol. The van der Waals surface area contributed by atoms with Crippen molar-refractivity contribution in [2.75, 3.05) is 37.0 Å². The lowest BCUT2D eigenvalue weighted by Crippen LogP contribution is -2.30. The fraction of sp³-hybridized carbons (Fsp3) is 0.213. The summed E-state index contributed by atoms with van der Waals surface area (Å²) in [5, 5.41) is 27.4. The molecule has 0 saturated carbocycles. The van der Waals surface area contributed by atoms with Crippen molar-refractivity contribution in [2.45, 2.75) is 31.7 Å². The van der Waals surface area contributed by atoms with Crippen LogP contribution in [0.5, 0.6) is 5.75 Å². The summed E-state index contributed by atoms with van der Waals surface area (Å²) in [7, 11) is 1.81. The molecule has 0 amide bonds. The van der Waals surface area contributed by atoms with Crippen molar-refractivity contribution in [3.63, 3.8) is 0 Å². The molecule has 9 rings (SSSR count). The van der Waals surface area contributed by atoms with E-state index in [-0.39, 0.29) is 17.2 Å². The van der Waals surface area contributed by atoms with Crippen LogP contribution in [0.25, 0.3) is 32.8 Å². The van der Waals surface area contributed by atoms with Crippen LogP contribution in [-0.4, -0.2) is 61.5 Å². The Hall–Kier alpha value is -6.90.